The van der Waals surface area contributed by atoms with Gasteiger partial charge in [0.1, 0.15) is 40.7 Å². The van der Waals surface area contributed by atoms with E-state index in [4.69, 9.17) is 18.9 Å². The molecule has 0 bridgehead atoms. The Morgan fingerprint density at radius 3 is 2.49 bits per heavy atom. The summed E-state index contributed by atoms with van der Waals surface area (Å²) in [6.45, 7) is 1.56. The van der Waals surface area contributed by atoms with Crippen molar-refractivity contribution < 1.29 is 41.7 Å². The Hall–Kier alpha value is -3.96. The summed E-state index contributed by atoms with van der Waals surface area (Å²) in [4.78, 5) is 30.7. The molecular weight excluding hydrogens is 543 g/mol. The molecule has 3 heterocycles. The van der Waals surface area contributed by atoms with Crippen molar-refractivity contribution in [2.24, 2.45) is 5.92 Å². The number of amides is 1. The van der Waals surface area contributed by atoms with Crippen molar-refractivity contribution in [2.45, 2.75) is 57.9 Å². The van der Waals surface area contributed by atoms with Gasteiger partial charge in [-0.3, -0.25) is 9.20 Å². The number of imidazole rings is 1. The predicted molar refractivity (Wildman–Crippen MR) is 143 cm³/mol. The van der Waals surface area contributed by atoms with E-state index < -0.39 is 24.0 Å². The summed E-state index contributed by atoms with van der Waals surface area (Å²) < 4.78 is 64.4. The summed E-state index contributed by atoms with van der Waals surface area (Å²) in [7, 11) is 1.36. The minimum Gasteiger partial charge on any atom is -0.496 e. The first-order valence-corrected chi connectivity index (χ1v) is 13.3. The topological polar surface area (TPSA) is 91.6 Å². The lowest BCUT2D eigenvalue weighted by molar-refractivity contribution is -0.0685. The molecule has 5 rings (SSSR count). The fourth-order valence-electron chi connectivity index (χ4n) is 4.71. The van der Waals surface area contributed by atoms with Crippen molar-refractivity contribution in [1.82, 2.24) is 14.3 Å². The highest BCUT2D eigenvalue weighted by Crippen LogP contribution is 2.40. The van der Waals surface area contributed by atoms with Crippen molar-refractivity contribution in [2.75, 3.05) is 26.8 Å². The highest BCUT2D eigenvalue weighted by Gasteiger charge is 2.48. The Bertz CT molecular complexity index is 1460. The molecular formula is C29H32F3N3O6. The number of carbonyl (C=O) groups excluding carboxylic acids is 2. The molecule has 220 valence electrons. The highest BCUT2D eigenvalue weighted by molar-refractivity contribution is 6.02. The van der Waals surface area contributed by atoms with Crippen molar-refractivity contribution in [3.8, 4) is 28.5 Å². The van der Waals surface area contributed by atoms with E-state index in [1.807, 2.05) is 0 Å². The summed E-state index contributed by atoms with van der Waals surface area (Å²) in [5.41, 5.74) is -0.952. The Kier molecular flexibility index (Phi) is 7.52. The molecule has 2 aliphatic rings. The number of Topliss-reactive ketones (excluding diaryl/α,β-unsaturated/α-hetero) is 1. The molecule has 1 saturated carbocycles. The number of rotatable bonds is 10. The monoisotopic (exact) mass is 575 g/mol. The van der Waals surface area contributed by atoms with Gasteiger partial charge in [-0.15, -0.1) is 0 Å². The van der Waals surface area contributed by atoms with E-state index in [-0.39, 0.29) is 54.9 Å². The Morgan fingerprint density at radius 1 is 1.15 bits per heavy atom. The molecule has 1 aliphatic heterocycles. The van der Waals surface area contributed by atoms with Gasteiger partial charge in [-0.1, -0.05) is 0 Å². The highest BCUT2D eigenvalue weighted by atomic mass is 19.3. The van der Waals surface area contributed by atoms with Crippen LogP contribution in [0.15, 0.2) is 36.7 Å². The fourth-order valence-corrected chi connectivity index (χ4v) is 4.71. The van der Waals surface area contributed by atoms with Gasteiger partial charge in [0.15, 0.2) is 11.5 Å². The predicted octanol–water partition coefficient (Wildman–Crippen LogP) is 5.93. The van der Waals surface area contributed by atoms with Crippen LogP contribution in [0.3, 0.4) is 0 Å². The standard InChI is InChI=1S/C29H32F3N3O6/c1-28(2,3)41-27(37)34-14-29(32,15-34)16-39-19-7-8-35-20(13-33-24(35)12-19)18-10-22(38-4)25(21(36)9-17-5-6-17)23(11-18)40-26(30)31/h7-8,10-13,17,26H,5-6,9,14-16H2,1-4H3. The molecule has 41 heavy (non-hydrogen) atoms. The van der Waals surface area contributed by atoms with Gasteiger partial charge >= 0.3 is 12.7 Å². The number of benzene rings is 1. The molecule has 1 amide bonds. The second-order valence-corrected chi connectivity index (χ2v) is 11.5. The van der Waals surface area contributed by atoms with Gasteiger partial charge in [0.2, 0.25) is 0 Å². The van der Waals surface area contributed by atoms with Crippen molar-refractivity contribution >= 4 is 17.5 Å². The normalized spacial score (nSPS) is 16.4. The maximum absolute atomic E-state index is 15.0. The SMILES string of the molecule is COc1cc(-c2cnc3cc(OCC4(F)CN(C(=O)OC(C)(C)C)C4)ccn23)cc(OC(F)F)c1C(=O)CC1CC1. The molecule has 1 aliphatic carbocycles. The number of carbonyl (C=O) groups is 2. The van der Waals surface area contributed by atoms with Crippen LogP contribution in [0.4, 0.5) is 18.0 Å². The van der Waals surface area contributed by atoms with Crippen molar-refractivity contribution in [3.63, 3.8) is 0 Å². The number of halogens is 3. The van der Waals surface area contributed by atoms with E-state index in [0.29, 0.717) is 22.7 Å². The lowest BCUT2D eigenvalue weighted by Crippen LogP contribution is -2.64. The average molecular weight is 576 g/mol. The van der Waals surface area contributed by atoms with E-state index >= 15 is 4.39 Å². The third-order valence-corrected chi connectivity index (χ3v) is 6.83. The number of ether oxygens (including phenoxy) is 4. The fraction of sp³-hybridized carbons (Fsp3) is 0.483. The van der Waals surface area contributed by atoms with Gasteiger partial charge in [-0.05, 0) is 57.7 Å². The number of hydrogen-bond acceptors (Lipinski definition) is 7. The van der Waals surface area contributed by atoms with E-state index in [9.17, 15) is 18.4 Å². The van der Waals surface area contributed by atoms with Crippen LogP contribution in [0.2, 0.25) is 0 Å². The number of alkyl halides is 3. The average Bonchev–Trinajstić information content (AvgIpc) is 3.58. The summed E-state index contributed by atoms with van der Waals surface area (Å²) >= 11 is 0. The van der Waals surface area contributed by atoms with Gasteiger partial charge in [0.25, 0.3) is 0 Å². The molecule has 0 N–H and O–H groups in total. The largest absolute Gasteiger partial charge is 0.496 e. The molecule has 1 aromatic carbocycles. The summed E-state index contributed by atoms with van der Waals surface area (Å²) in [6.07, 6.45) is 4.72. The molecule has 2 fully saturated rings. The first kappa shape index (κ1) is 28.6. The van der Waals surface area contributed by atoms with Crippen LogP contribution in [-0.4, -0.2) is 70.8 Å². The first-order chi connectivity index (χ1) is 19.3. The van der Waals surface area contributed by atoms with Gasteiger partial charge in [-0.25, -0.2) is 14.2 Å². The van der Waals surface area contributed by atoms with E-state index in [2.05, 4.69) is 4.98 Å². The molecule has 3 aromatic rings. The summed E-state index contributed by atoms with van der Waals surface area (Å²) in [5.74, 6) is 0.180. The van der Waals surface area contributed by atoms with Crippen LogP contribution >= 0.6 is 0 Å². The smallest absolute Gasteiger partial charge is 0.410 e. The van der Waals surface area contributed by atoms with E-state index in [0.717, 1.165) is 12.8 Å². The van der Waals surface area contributed by atoms with Crippen LogP contribution < -0.4 is 14.2 Å². The second-order valence-electron chi connectivity index (χ2n) is 11.5. The lowest BCUT2D eigenvalue weighted by atomic mass is 9.98. The zero-order valence-electron chi connectivity index (χ0n) is 23.3. The molecule has 1 saturated heterocycles. The number of nitrogens with zero attached hydrogens (tertiary/aromatic N) is 3. The Morgan fingerprint density at radius 2 is 1.85 bits per heavy atom. The van der Waals surface area contributed by atoms with Crippen LogP contribution in [-0.2, 0) is 4.74 Å². The van der Waals surface area contributed by atoms with Crippen LogP contribution in [0, 0.1) is 5.92 Å². The number of fused-ring (bicyclic) bond motifs is 1. The number of methoxy groups -OCH3 is 1. The van der Waals surface area contributed by atoms with Gasteiger partial charge in [0.05, 0.1) is 32.1 Å². The first-order valence-electron chi connectivity index (χ1n) is 13.3. The summed E-state index contributed by atoms with van der Waals surface area (Å²) in [6, 6.07) is 6.19. The zero-order chi connectivity index (χ0) is 29.5. The number of ketones is 1. The molecule has 0 unspecified atom stereocenters. The molecule has 0 spiro atoms. The zero-order valence-corrected chi connectivity index (χ0v) is 23.3. The van der Waals surface area contributed by atoms with E-state index in [1.54, 1.807) is 49.6 Å². The maximum Gasteiger partial charge on any atom is 0.410 e. The summed E-state index contributed by atoms with van der Waals surface area (Å²) in [5, 5.41) is 0. The number of hydrogen-bond donors (Lipinski definition) is 0. The second kappa shape index (κ2) is 10.8. The van der Waals surface area contributed by atoms with Crippen molar-refractivity contribution in [3.05, 3.63) is 42.2 Å². The molecule has 12 heteroatoms. The van der Waals surface area contributed by atoms with Gasteiger partial charge in [-0.2, -0.15) is 8.78 Å². The Balaban J connectivity index is 1.32. The molecule has 0 radical (unpaired) electrons. The van der Waals surface area contributed by atoms with Crippen molar-refractivity contribution in [1.29, 1.82) is 0 Å². The van der Waals surface area contributed by atoms with Crippen LogP contribution in [0.1, 0.15) is 50.4 Å². The lowest BCUT2D eigenvalue weighted by Gasteiger charge is -2.43. The van der Waals surface area contributed by atoms with E-state index in [1.165, 1.54) is 24.3 Å². The third kappa shape index (κ3) is 6.52. The molecule has 9 nitrogen and oxygen atoms in total. The number of aromatic nitrogens is 2. The van der Waals surface area contributed by atoms with Gasteiger partial charge < -0.3 is 23.8 Å². The number of pyridine rings is 1. The minimum absolute atomic E-state index is 0.00524. The molecule has 0 atom stereocenters. The maximum atomic E-state index is 15.0. The van der Waals surface area contributed by atoms with Crippen LogP contribution in [0.25, 0.3) is 16.9 Å². The third-order valence-electron chi connectivity index (χ3n) is 6.83. The quantitative estimate of drug-likeness (QED) is 0.277. The van der Waals surface area contributed by atoms with Gasteiger partial charge in [0, 0.05) is 24.2 Å². The minimum atomic E-state index is -3.13. The molecule has 2 aromatic heterocycles. The number of likely N-dealkylation sites (tertiary alicyclic amines) is 1. The Labute approximate surface area is 235 Å². The van der Waals surface area contributed by atoms with Crippen LogP contribution in [0.5, 0.6) is 17.2 Å².